The minimum absolute atomic E-state index is 0.163. The zero-order valence-corrected chi connectivity index (χ0v) is 15.1. The predicted octanol–water partition coefficient (Wildman–Crippen LogP) is 5.66. The molecule has 1 N–H and O–H groups in total. The van der Waals surface area contributed by atoms with Crippen molar-refractivity contribution < 1.29 is 5.11 Å². The maximum atomic E-state index is 10.00. The van der Waals surface area contributed by atoms with E-state index in [0.29, 0.717) is 17.9 Å². The Kier molecular flexibility index (Phi) is 5.45. The third-order valence-corrected chi connectivity index (χ3v) is 7.52. The summed E-state index contributed by atoms with van der Waals surface area (Å²) in [6, 6.07) is 0. The minimum atomic E-state index is 0.163. The topological polar surface area (TPSA) is 20.2 Å². The molecule has 2 saturated carbocycles. The van der Waals surface area contributed by atoms with Gasteiger partial charge in [0, 0.05) is 6.61 Å². The summed E-state index contributed by atoms with van der Waals surface area (Å²) in [6.45, 7) is 12.4. The highest BCUT2D eigenvalue weighted by molar-refractivity contribution is 5.00. The molecule has 0 heterocycles. The van der Waals surface area contributed by atoms with Crippen LogP contribution in [0.25, 0.3) is 0 Å². The number of hydrogen-bond acceptors (Lipinski definition) is 1. The lowest BCUT2D eigenvalue weighted by molar-refractivity contribution is -0.0882. The van der Waals surface area contributed by atoms with Gasteiger partial charge in [-0.05, 0) is 73.0 Å². The molecule has 2 rings (SSSR count). The second-order valence-corrected chi connectivity index (χ2v) is 8.99. The lowest BCUT2D eigenvalue weighted by atomic mass is 9.49. The first-order chi connectivity index (χ1) is 9.87. The molecular formula is C20H38O. The monoisotopic (exact) mass is 294 g/mol. The summed E-state index contributed by atoms with van der Waals surface area (Å²) in [7, 11) is 0. The molecule has 2 aliphatic carbocycles. The molecule has 1 heteroatoms. The van der Waals surface area contributed by atoms with E-state index in [0.717, 1.165) is 17.8 Å². The molecule has 0 aromatic heterocycles. The van der Waals surface area contributed by atoms with Crippen molar-refractivity contribution in [2.75, 3.05) is 6.61 Å². The third-order valence-electron chi connectivity index (χ3n) is 7.52. The summed E-state index contributed by atoms with van der Waals surface area (Å²) >= 11 is 0. The van der Waals surface area contributed by atoms with E-state index in [-0.39, 0.29) is 5.41 Å². The SMILES string of the molecule is CCC1[C@@](C)(CO)CCC[C@@]1(C)C1CCC(C(C)C)CC1. The third kappa shape index (κ3) is 3.19. The Bertz CT molecular complexity index is 329. The molecule has 2 fully saturated rings. The molecule has 0 saturated heterocycles. The average Bonchev–Trinajstić information content (AvgIpc) is 2.47. The van der Waals surface area contributed by atoms with Crippen LogP contribution >= 0.6 is 0 Å². The van der Waals surface area contributed by atoms with E-state index < -0.39 is 0 Å². The average molecular weight is 295 g/mol. The Hall–Kier alpha value is -0.0400. The van der Waals surface area contributed by atoms with Crippen molar-refractivity contribution >= 4 is 0 Å². The van der Waals surface area contributed by atoms with Gasteiger partial charge in [0.05, 0.1) is 0 Å². The van der Waals surface area contributed by atoms with E-state index in [1.807, 2.05) is 0 Å². The lowest BCUT2D eigenvalue weighted by Crippen LogP contribution is -2.49. The normalized spacial score (nSPS) is 45.0. The Morgan fingerprint density at radius 1 is 1.05 bits per heavy atom. The first-order valence-corrected chi connectivity index (χ1v) is 9.48. The Labute approximate surface area is 132 Å². The smallest absolute Gasteiger partial charge is 0.0487 e. The van der Waals surface area contributed by atoms with Crippen molar-refractivity contribution in [1.29, 1.82) is 0 Å². The van der Waals surface area contributed by atoms with Gasteiger partial charge in [0.1, 0.15) is 0 Å². The van der Waals surface area contributed by atoms with Gasteiger partial charge in [0.2, 0.25) is 0 Å². The van der Waals surface area contributed by atoms with Crippen molar-refractivity contribution in [2.45, 2.75) is 86.0 Å². The molecule has 3 atom stereocenters. The van der Waals surface area contributed by atoms with Crippen LogP contribution < -0.4 is 0 Å². The molecule has 1 nitrogen and oxygen atoms in total. The van der Waals surface area contributed by atoms with Crippen LogP contribution in [0.2, 0.25) is 0 Å². The van der Waals surface area contributed by atoms with Crippen LogP contribution in [0.15, 0.2) is 0 Å². The van der Waals surface area contributed by atoms with Gasteiger partial charge in [-0.15, -0.1) is 0 Å². The molecule has 0 aromatic carbocycles. The molecule has 0 amide bonds. The molecule has 0 spiro atoms. The first-order valence-electron chi connectivity index (χ1n) is 9.48. The molecule has 2 aliphatic rings. The van der Waals surface area contributed by atoms with Crippen LogP contribution in [0.3, 0.4) is 0 Å². The van der Waals surface area contributed by atoms with Gasteiger partial charge in [0.15, 0.2) is 0 Å². The lowest BCUT2D eigenvalue weighted by Gasteiger charge is -2.56. The summed E-state index contributed by atoms with van der Waals surface area (Å²) in [6.07, 6.45) is 10.9. The molecule has 0 radical (unpaired) electrons. The molecule has 1 unspecified atom stereocenters. The van der Waals surface area contributed by atoms with Crippen LogP contribution in [0, 0.1) is 34.5 Å². The van der Waals surface area contributed by atoms with Gasteiger partial charge < -0.3 is 5.11 Å². The van der Waals surface area contributed by atoms with E-state index in [9.17, 15) is 5.11 Å². The standard InChI is InChI=1S/C20H38O/c1-6-18-19(4,14-21)12-7-13-20(18,5)17-10-8-16(9-11-17)15(2)3/h15-18,21H,6-14H2,1-5H3/t16?,17?,18?,19-,20+/m1/s1. The molecular weight excluding hydrogens is 256 g/mol. The van der Waals surface area contributed by atoms with E-state index in [4.69, 9.17) is 0 Å². The van der Waals surface area contributed by atoms with Crippen LogP contribution in [0.4, 0.5) is 0 Å². The fourth-order valence-electron chi connectivity index (χ4n) is 6.10. The van der Waals surface area contributed by atoms with E-state index in [2.05, 4.69) is 34.6 Å². The maximum absolute atomic E-state index is 10.00. The highest BCUT2D eigenvalue weighted by atomic mass is 16.3. The van der Waals surface area contributed by atoms with Crippen molar-refractivity contribution in [2.24, 2.45) is 34.5 Å². The molecule has 124 valence electrons. The first kappa shape index (κ1) is 17.3. The van der Waals surface area contributed by atoms with Gasteiger partial charge in [-0.2, -0.15) is 0 Å². The largest absolute Gasteiger partial charge is 0.396 e. The minimum Gasteiger partial charge on any atom is -0.396 e. The quantitative estimate of drug-likeness (QED) is 0.709. The Morgan fingerprint density at radius 2 is 1.67 bits per heavy atom. The van der Waals surface area contributed by atoms with E-state index in [1.54, 1.807) is 0 Å². The summed E-state index contributed by atoms with van der Waals surface area (Å²) in [5.41, 5.74) is 0.628. The summed E-state index contributed by atoms with van der Waals surface area (Å²) in [5.74, 6) is 3.40. The van der Waals surface area contributed by atoms with Crippen molar-refractivity contribution in [3.63, 3.8) is 0 Å². The van der Waals surface area contributed by atoms with Crippen molar-refractivity contribution in [3.05, 3.63) is 0 Å². The summed E-state index contributed by atoms with van der Waals surface area (Å²) in [5, 5.41) is 10.00. The van der Waals surface area contributed by atoms with Crippen LogP contribution in [-0.2, 0) is 0 Å². The molecule has 21 heavy (non-hydrogen) atoms. The van der Waals surface area contributed by atoms with Crippen LogP contribution in [-0.4, -0.2) is 11.7 Å². The zero-order valence-electron chi connectivity index (χ0n) is 15.1. The molecule has 0 aliphatic heterocycles. The van der Waals surface area contributed by atoms with Crippen LogP contribution in [0.1, 0.15) is 86.0 Å². The Morgan fingerprint density at radius 3 is 2.14 bits per heavy atom. The Balaban J connectivity index is 2.13. The second kappa shape index (κ2) is 6.60. The van der Waals surface area contributed by atoms with E-state index in [1.165, 1.54) is 51.4 Å². The van der Waals surface area contributed by atoms with Crippen molar-refractivity contribution in [3.8, 4) is 0 Å². The number of rotatable bonds is 4. The predicted molar refractivity (Wildman–Crippen MR) is 91.2 cm³/mol. The van der Waals surface area contributed by atoms with Gasteiger partial charge in [-0.1, -0.05) is 47.5 Å². The van der Waals surface area contributed by atoms with Crippen LogP contribution in [0.5, 0.6) is 0 Å². The second-order valence-electron chi connectivity index (χ2n) is 8.99. The number of aliphatic hydroxyl groups is 1. The maximum Gasteiger partial charge on any atom is 0.0487 e. The highest BCUT2D eigenvalue weighted by Gasteiger charge is 2.51. The fourth-order valence-corrected chi connectivity index (χ4v) is 6.10. The summed E-state index contributed by atoms with van der Waals surface area (Å²) < 4.78 is 0. The van der Waals surface area contributed by atoms with Gasteiger partial charge in [0.25, 0.3) is 0 Å². The van der Waals surface area contributed by atoms with Crippen molar-refractivity contribution in [1.82, 2.24) is 0 Å². The molecule has 0 bridgehead atoms. The highest BCUT2D eigenvalue weighted by Crippen LogP contribution is 2.59. The van der Waals surface area contributed by atoms with Gasteiger partial charge in [-0.3, -0.25) is 0 Å². The summed E-state index contributed by atoms with van der Waals surface area (Å²) in [4.78, 5) is 0. The fraction of sp³-hybridized carbons (Fsp3) is 1.00. The zero-order chi connectivity index (χ0) is 15.7. The van der Waals surface area contributed by atoms with E-state index >= 15 is 0 Å². The number of aliphatic hydroxyl groups excluding tert-OH is 1. The molecule has 0 aromatic rings. The number of hydrogen-bond donors (Lipinski definition) is 1. The van der Waals surface area contributed by atoms with Gasteiger partial charge in [-0.25, -0.2) is 0 Å². The van der Waals surface area contributed by atoms with Gasteiger partial charge >= 0.3 is 0 Å².